The van der Waals surface area contributed by atoms with Gasteiger partial charge in [0.15, 0.2) is 0 Å². The predicted molar refractivity (Wildman–Crippen MR) is 84.8 cm³/mol. The topological polar surface area (TPSA) is 15.3 Å². The summed E-state index contributed by atoms with van der Waals surface area (Å²) in [4.78, 5) is 2.78. The SMILES string of the molecule is CCC1CCC(C)N1C(CNC1CC1)c1ccccc1. The molecule has 3 atom stereocenters. The van der Waals surface area contributed by atoms with Crippen LogP contribution < -0.4 is 5.32 Å². The van der Waals surface area contributed by atoms with Gasteiger partial charge < -0.3 is 5.32 Å². The predicted octanol–water partition coefficient (Wildman–Crippen LogP) is 3.74. The van der Waals surface area contributed by atoms with Crippen LogP contribution in [0.15, 0.2) is 30.3 Å². The van der Waals surface area contributed by atoms with E-state index in [2.05, 4.69) is 54.4 Å². The lowest BCUT2D eigenvalue weighted by Gasteiger charge is -2.36. The van der Waals surface area contributed by atoms with E-state index >= 15 is 0 Å². The van der Waals surface area contributed by atoms with Crippen LogP contribution in [0.3, 0.4) is 0 Å². The van der Waals surface area contributed by atoms with E-state index in [0.29, 0.717) is 12.1 Å². The lowest BCUT2D eigenvalue weighted by atomic mass is 10.0. The second kappa shape index (κ2) is 6.28. The molecule has 1 aromatic carbocycles. The molecule has 1 aliphatic carbocycles. The van der Waals surface area contributed by atoms with Crippen molar-refractivity contribution in [3.8, 4) is 0 Å². The molecule has 0 radical (unpaired) electrons. The van der Waals surface area contributed by atoms with Crippen molar-refractivity contribution in [1.82, 2.24) is 10.2 Å². The van der Waals surface area contributed by atoms with Gasteiger partial charge in [0, 0.05) is 30.7 Å². The quantitative estimate of drug-likeness (QED) is 0.848. The van der Waals surface area contributed by atoms with Crippen LogP contribution in [-0.4, -0.2) is 29.6 Å². The Labute approximate surface area is 123 Å². The summed E-state index contributed by atoms with van der Waals surface area (Å²) in [5.41, 5.74) is 1.48. The van der Waals surface area contributed by atoms with Crippen LogP contribution in [0.5, 0.6) is 0 Å². The van der Waals surface area contributed by atoms with Crippen LogP contribution in [0.1, 0.15) is 57.6 Å². The van der Waals surface area contributed by atoms with Gasteiger partial charge in [0.05, 0.1) is 0 Å². The minimum absolute atomic E-state index is 0.541. The Morgan fingerprint density at radius 1 is 1.15 bits per heavy atom. The molecular weight excluding hydrogens is 244 g/mol. The molecule has 1 saturated carbocycles. The van der Waals surface area contributed by atoms with E-state index in [-0.39, 0.29) is 0 Å². The molecule has 3 unspecified atom stereocenters. The van der Waals surface area contributed by atoms with Crippen molar-refractivity contribution in [3.05, 3.63) is 35.9 Å². The number of nitrogens with zero attached hydrogens (tertiary/aromatic N) is 1. The van der Waals surface area contributed by atoms with Crippen LogP contribution in [0.25, 0.3) is 0 Å². The standard InChI is InChI=1S/C18H28N2/c1-3-17-12-9-14(2)20(17)18(13-19-16-10-11-16)15-7-5-4-6-8-15/h4-8,14,16-19H,3,9-13H2,1-2H3. The first-order chi connectivity index (χ1) is 9.79. The molecule has 3 rings (SSSR count). The van der Waals surface area contributed by atoms with Crippen LogP contribution in [0, 0.1) is 0 Å². The van der Waals surface area contributed by atoms with Gasteiger partial charge in [-0.2, -0.15) is 0 Å². The highest BCUT2D eigenvalue weighted by atomic mass is 15.2. The Hall–Kier alpha value is -0.860. The van der Waals surface area contributed by atoms with Crippen molar-refractivity contribution in [1.29, 1.82) is 0 Å². The van der Waals surface area contributed by atoms with Gasteiger partial charge in [-0.25, -0.2) is 0 Å². The molecule has 110 valence electrons. The normalized spacial score (nSPS) is 28.7. The summed E-state index contributed by atoms with van der Waals surface area (Å²) in [6, 6.07) is 13.9. The maximum Gasteiger partial charge on any atom is 0.0478 e. The molecular formula is C18H28N2. The first kappa shape index (κ1) is 14.1. The maximum absolute atomic E-state index is 3.76. The summed E-state index contributed by atoms with van der Waals surface area (Å²) < 4.78 is 0. The molecule has 20 heavy (non-hydrogen) atoms. The molecule has 2 heteroatoms. The van der Waals surface area contributed by atoms with Gasteiger partial charge in [-0.15, -0.1) is 0 Å². The molecule has 1 N–H and O–H groups in total. The first-order valence-corrected chi connectivity index (χ1v) is 8.35. The van der Waals surface area contributed by atoms with Gasteiger partial charge in [-0.05, 0) is 44.6 Å². The minimum Gasteiger partial charge on any atom is -0.312 e. The van der Waals surface area contributed by atoms with Crippen LogP contribution in [-0.2, 0) is 0 Å². The fourth-order valence-electron chi connectivity index (χ4n) is 3.70. The van der Waals surface area contributed by atoms with E-state index in [1.165, 1.54) is 37.7 Å². The van der Waals surface area contributed by atoms with Crippen molar-refractivity contribution < 1.29 is 0 Å². The second-order valence-electron chi connectivity index (χ2n) is 6.54. The monoisotopic (exact) mass is 272 g/mol. The summed E-state index contributed by atoms with van der Waals surface area (Å²) in [7, 11) is 0. The zero-order valence-electron chi connectivity index (χ0n) is 12.9. The van der Waals surface area contributed by atoms with Crippen LogP contribution >= 0.6 is 0 Å². The highest BCUT2D eigenvalue weighted by molar-refractivity contribution is 5.20. The Morgan fingerprint density at radius 2 is 1.90 bits per heavy atom. The number of likely N-dealkylation sites (tertiary alicyclic amines) is 1. The van der Waals surface area contributed by atoms with Crippen molar-refractivity contribution in [2.45, 2.75) is 70.1 Å². The Morgan fingerprint density at radius 3 is 2.55 bits per heavy atom. The number of hydrogen-bond donors (Lipinski definition) is 1. The highest BCUT2D eigenvalue weighted by Gasteiger charge is 2.36. The average Bonchev–Trinajstić information content (AvgIpc) is 3.24. The van der Waals surface area contributed by atoms with E-state index in [4.69, 9.17) is 0 Å². The van der Waals surface area contributed by atoms with Gasteiger partial charge in [0.25, 0.3) is 0 Å². The molecule has 0 spiro atoms. The second-order valence-corrected chi connectivity index (χ2v) is 6.54. The van der Waals surface area contributed by atoms with E-state index < -0.39 is 0 Å². The van der Waals surface area contributed by atoms with Gasteiger partial charge in [-0.3, -0.25) is 4.90 Å². The van der Waals surface area contributed by atoms with Gasteiger partial charge >= 0.3 is 0 Å². The van der Waals surface area contributed by atoms with E-state index in [1.807, 2.05) is 0 Å². The average molecular weight is 272 g/mol. The Bertz CT molecular complexity index is 413. The molecule has 2 nitrogen and oxygen atoms in total. The zero-order valence-corrected chi connectivity index (χ0v) is 12.9. The smallest absolute Gasteiger partial charge is 0.0478 e. The summed E-state index contributed by atoms with van der Waals surface area (Å²) in [6.45, 7) is 5.85. The molecule has 0 bridgehead atoms. The molecule has 0 amide bonds. The van der Waals surface area contributed by atoms with Crippen molar-refractivity contribution in [2.75, 3.05) is 6.54 Å². The van der Waals surface area contributed by atoms with Gasteiger partial charge in [-0.1, -0.05) is 37.3 Å². The summed E-state index contributed by atoms with van der Waals surface area (Å²) in [6.07, 6.45) is 6.73. The van der Waals surface area contributed by atoms with Crippen molar-refractivity contribution >= 4 is 0 Å². The summed E-state index contributed by atoms with van der Waals surface area (Å²) in [5.74, 6) is 0. The molecule has 1 heterocycles. The number of benzene rings is 1. The third-order valence-electron chi connectivity index (χ3n) is 5.04. The zero-order chi connectivity index (χ0) is 13.9. The molecule has 2 fully saturated rings. The van der Waals surface area contributed by atoms with Crippen molar-refractivity contribution in [3.63, 3.8) is 0 Å². The molecule has 1 aliphatic heterocycles. The summed E-state index contributed by atoms with van der Waals surface area (Å²) in [5, 5.41) is 3.76. The third-order valence-corrected chi connectivity index (χ3v) is 5.04. The minimum atomic E-state index is 0.541. The van der Waals surface area contributed by atoms with Crippen LogP contribution in [0.2, 0.25) is 0 Å². The fourth-order valence-corrected chi connectivity index (χ4v) is 3.70. The maximum atomic E-state index is 3.76. The third kappa shape index (κ3) is 3.07. The molecule has 1 aromatic rings. The summed E-state index contributed by atoms with van der Waals surface area (Å²) >= 11 is 0. The van der Waals surface area contributed by atoms with Crippen molar-refractivity contribution in [2.24, 2.45) is 0 Å². The number of rotatable bonds is 6. The highest BCUT2D eigenvalue weighted by Crippen LogP contribution is 2.35. The Balaban J connectivity index is 1.79. The first-order valence-electron chi connectivity index (χ1n) is 8.35. The van der Waals surface area contributed by atoms with Gasteiger partial charge in [0.2, 0.25) is 0 Å². The number of hydrogen-bond acceptors (Lipinski definition) is 2. The lowest BCUT2D eigenvalue weighted by molar-refractivity contribution is 0.130. The van der Waals surface area contributed by atoms with E-state index in [1.54, 1.807) is 0 Å². The molecule has 1 saturated heterocycles. The van der Waals surface area contributed by atoms with Crippen LogP contribution in [0.4, 0.5) is 0 Å². The van der Waals surface area contributed by atoms with Gasteiger partial charge in [0.1, 0.15) is 0 Å². The Kier molecular flexibility index (Phi) is 4.42. The lowest BCUT2D eigenvalue weighted by Crippen LogP contribution is -2.42. The number of nitrogens with one attached hydrogen (secondary N) is 1. The molecule has 0 aromatic heterocycles. The molecule has 2 aliphatic rings. The van der Waals surface area contributed by atoms with E-state index in [0.717, 1.165) is 18.6 Å². The van der Waals surface area contributed by atoms with E-state index in [9.17, 15) is 0 Å². The fraction of sp³-hybridized carbons (Fsp3) is 0.667. The largest absolute Gasteiger partial charge is 0.312 e.